The van der Waals surface area contributed by atoms with E-state index in [1.807, 2.05) is 24.3 Å². The van der Waals surface area contributed by atoms with E-state index >= 15 is 0 Å². The van der Waals surface area contributed by atoms with Crippen molar-refractivity contribution < 1.29 is 52.7 Å². The Kier molecular flexibility index (Phi) is 9.65. The lowest BCUT2D eigenvalue weighted by atomic mass is 9.91. The van der Waals surface area contributed by atoms with E-state index in [-0.39, 0.29) is 42.9 Å². The number of benzene rings is 3. The van der Waals surface area contributed by atoms with Crippen molar-refractivity contribution in [3.63, 3.8) is 0 Å². The molecule has 1 saturated heterocycles. The van der Waals surface area contributed by atoms with Crippen molar-refractivity contribution in [3.8, 4) is 0 Å². The Hall–Kier alpha value is -3.30. The predicted octanol–water partition coefficient (Wildman–Crippen LogP) is 8.55. The van der Waals surface area contributed by atoms with E-state index in [1.54, 1.807) is 16.8 Å². The number of piperazine rings is 1. The molecule has 0 bridgehead atoms. The predicted molar refractivity (Wildman–Crippen MR) is 153 cm³/mol. The van der Waals surface area contributed by atoms with Crippen LogP contribution in [0.2, 0.25) is 0 Å². The van der Waals surface area contributed by atoms with Crippen LogP contribution in [0.25, 0.3) is 0 Å². The van der Waals surface area contributed by atoms with Gasteiger partial charge in [-0.2, -0.15) is 52.7 Å². The number of hydrogen-bond acceptors (Lipinski definition) is 3. The second-order valence-corrected chi connectivity index (χ2v) is 12.6. The maximum Gasteiger partial charge on any atom is 0.416 e. The minimum atomic E-state index is -4.98. The number of halogens is 12. The second-order valence-electron chi connectivity index (χ2n) is 12.6. The molecule has 0 N–H and O–H groups in total. The molecule has 3 aromatic rings. The lowest BCUT2D eigenvalue weighted by Crippen LogP contribution is -2.61. The molecule has 262 valence electrons. The molecule has 0 spiro atoms. The largest absolute Gasteiger partial charge is 0.416 e. The molecule has 48 heavy (non-hydrogen) atoms. The van der Waals surface area contributed by atoms with E-state index in [2.05, 4.69) is 4.90 Å². The molecule has 0 saturated carbocycles. The topological polar surface area (TPSA) is 9.72 Å². The number of fused-ring (bicyclic) bond motifs is 1. The van der Waals surface area contributed by atoms with E-state index in [4.69, 9.17) is 0 Å². The summed E-state index contributed by atoms with van der Waals surface area (Å²) in [5.74, 6) is 0. The van der Waals surface area contributed by atoms with Crippen LogP contribution in [0.3, 0.4) is 0 Å². The summed E-state index contributed by atoms with van der Waals surface area (Å²) in [6.07, 6.45) is -18.8. The third-order valence-corrected chi connectivity index (χ3v) is 8.92. The van der Waals surface area contributed by atoms with Crippen LogP contribution >= 0.6 is 0 Å². The first-order valence-electron chi connectivity index (χ1n) is 14.9. The Labute approximate surface area is 268 Å². The van der Waals surface area contributed by atoms with Gasteiger partial charge in [0.1, 0.15) is 0 Å². The number of hydrogen-bond donors (Lipinski definition) is 0. The molecule has 0 amide bonds. The van der Waals surface area contributed by atoms with Gasteiger partial charge in [-0.15, -0.1) is 0 Å². The van der Waals surface area contributed by atoms with Crippen LogP contribution in [-0.4, -0.2) is 60.0 Å². The molecule has 1 aliphatic heterocycles. The first-order chi connectivity index (χ1) is 22.1. The molecule has 15 heteroatoms. The summed E-state index contributed by atoms with van der Waals surface area (Å²) in [5, 5.41) is 0. The molecule has 5 rings (SSSR count). The Bertz CT molecular complexity index is 1510. The van der Waals surface area contributed by atoms with Crippen molar-refractivity contribution in [1.29, 1.82) is 0 Å². The van der Waals surface area contributed by atoms with Gasteiger partial charge in [-0.05, 0) is 78.5 Å². The van der Waals surface area contributed by atoms with Gasteiger partial charge in [-0.3, -0.25) is 9.80 Å². The molecule has 0 radical (unpaired) electrons. The number of alkyl halides is 12. The SMILES string of the molecule is CN(Cc1cc(C(F)(F)F)cc(C(F)(F)F)c1)CC1(N2CCN(Cc3cc(C(F)(F)F)cc(C(F)(F)F)c3)CC2)Cc2ccccc2C1. The Balaban J connectivity index is 1.34. The first kappa shape index (κ1) is 36.0. The third-order valence-electron chi connectivity index (χ3n) is 8.92. The standard InChI is InChI=1S/C33H31F12N3/c1-46(18-21-10-25(30(34,35)36)14-26(11-21)31(37,38)39)20-29(16-23-4-2-3-5-24(23)17-29)48-8-6-47(7-9-48)19-22-12-27(32(40,41)42)15-28(13-22)33(43,44)45/h2-5,10-15H,6-9,16-20H2,1H3. The van der Waals surface area contributed by atoms with Crippen molar-refractivity contribution in [2.75, 3.05) is 39.8 Å². The molecule has 3 nitrogen and oxygen atoms in total. The van der Waals surface area contributed by atoms with Crippen molar-refractivity contribution in [2.24, 2.45) is 0 Å². The van der Waals surface area contributed by atoms with Crippen molar-refractivity contribution >= 4 is 0 Å². The highest BCUT2D eigenvalue weighted by Gasteiger charge is 2.44. The summed E-state index contributed by atoms with van der Waals surface area (Å²) in [6.45, 7) is 1.29. The molecule has 0 unspecified atom stereocenters. The molecular weight excluding hydrogens is 666 g/mol. The van der Waals surface area contributed by atoms with Crippen molar-refractivity contribution in [3.05, 3.63) is 105 Å². The van der Waals surface area contributed by atoms with Crippen LogP contribution in [0.15, 0.2) is 60.7 Å². The van der Waals surface area contributed by atoms with Gasteiger partial charge in [0.05, 0.1) is 22.3 Å². The van der Waals surface area contributed by atoms with Crippen LogP contribution in [0.1, 0.15) is 44.5 Å². The zero-order valence-corrected chi connectivity index (χ0v) is 25.5. The highest BCUT2D eigenvalue weighted by molar-refractivity contribution is 5.38. The first-order valence-corrected chi connectivity index (χ1v) is 14.9. The smallest absolute Gasteiger partial charge is 0.300 e. The molecule has 2 aliphatic rings. The number of rotatable bonds is 7. The monoisotopic (exact) mass is 697 g/mol. The van der Waals surface area contributed by atoms with E-state index in [0.29, 0.717) is 63.3 Å². The average molecular weight is 698 g/mol. The van der Waals surface area contributed by atoms with Crippen LogP contribution in [0.4, 0.5) is 52.7 Å². The molecule has 1 heterocycles. The van der Waals surface area contributed by atoms with Gasteiger partial charge < -0.3 is 4.90 Å². The quantitative estimate of drug-likeness (QED) is 0.229. The normalized spacial score (nSPS) is 18.0. The zero-order chi connectivity index (χ0) is 35.3. The summed E-state index contributed by atoms with van der Waals surface area (Å²) >= 11 is 0. The van der Waals surface area contributed by atoms with Gasteiger partial charge in [0.25, 0.3) is 0 Å². The lowest BCUT2D eigenvalue weighted by Gasteiger charge is -2.47. The highest BCUT2D eigenvalue weighted by atomic mass is 19.4. The maximum atomic E-state index is 13.5. The highest BCUT2D eigenvalue weighted by Crippen LogP contribution is 2.40. The van der Waals surface area contributed by atoms with Gasteiger partial charge in [0.15, 0.2) is 0 Å². The molecule has 3 aromatic carbocycles. The van der Waals surface area contributed by atoms with E-state index in [0.717, 1.165) is 11.1 Å². The van der Waals surface area contributed by atoms with Crippen LogP contribution in [0.5, 0.6) is 0 Å². The molecular formula is C33H31F12N3. The van der Waals surface area contributed by atoms with Gasteiger partial charge in [0, 0.05) is 51.4 Å². The lowest BCUT2D eigenvalue weighted by molar-refractivity contribution is -0.144. The van der Waals surface area contributed by atoms with Crippen LogP contribution < -0.4 is 0 Å². The van der Waals surface area contributed by atoms with Gasteiger partial charge in [-0.1, -0.05) is 24.3 Å². The fourth-order valence-corrected chi connectivity index (χ4v) is 6.84. The molecule has 1 fully saturated rings. The van der Waals surface area contributed by atoms with Gasteiger partial charge in [0.2, 0.25) is 0 Å². The Morgan fingerprint density at radius 2 is 0.979 bits per heavy atom. The van der Waals surface area contributed by atoms with E-state index in [9.17, 15) is 52.7 Å². The van der Waals surface area contributed by atoms with Gasteiger partial charge >= 0.3 is 24.7 Å². The fraction of sp³-hybridized carbons (Fsp3) is 0.455. The second kappa shape index (κ2) is 12.9. The summed E-state index contributed by atoms with van der Waals surface area (Å²) in [7, 11) is 1.61. The Morgan fingerprint density at radius 1 is 0.583 bits per heavy atom. The van der Waals surface area contributed by atoms with Gasteiger partial charge in [-0.25, -0.2) is 0 Å². The average Bonchev–Trinajstić information content (AvgIpc) is 3.34. The van der Waals surface area contributed by atoms with Crippen molar-refractivity contribution in [2.45, 2.75) is 56.2 Å². The van der Waals surface area contributed by atoms with Crippen LogP contribution in [0, 0.1) is 0 Å². The maximum absolute atomic E-state index is 13.5. The van der Waals surface area contributed by atoms with Crippen LogP contribution in [-0.2, 0) is 50.6 Å². The molecule has 0 aromatic heterocycles. The summed E-state index contributed by atoms with van der Waals surface area (Å²) in [6, 6.07) is 10.6. The summed E-state index contributed by atoms with van der Waals surface area (Å²) in [4.78, 5) is 5.59. The number of likely N-dealkylation sites (N-methyl/N-ethyl adjacent to an activating group) is 1. The summed E-state index contributed by atoms with van der Waals surface area (Å²) in [5.41, 5.74) is -4.41. The van der Waals surface area contributed by atoms with Crippen molar-refractivity contribution in [1.82, 2.24) is 14.7 Å². The zero-order valence-electron chi connectivity index (χ0n) is 25.5. The minimum absolute atomic E-state index is 0.0847. The molecule has 0 atom stereocenters. The third kappa shape index (κ3) is 8.28. The number of nitrogens with zero attached hydrogens (tertiary/aromatic N) is 3. The fourth-order valence-electron chi connectivity index (χ4n) is 6.84. The van der Waals surface area contributed by atoms with E-state index < -0.39 is 52.5 Å². The minimum Gasteiger partial charge on any atom is -0.300 e. The molecule has 1 aliphatic carbocycles. The van der Waals surface area contributed by atoms with E-state index in [1.165, 1.54) is 0 Å². The Morgan fingerprint density at radius 3 is 1.38 bits per heavy atom. The summed E-state index contributed by atoms with van der Waals surface area (Å²) < 4.78 is 161.